The first-order chi connectivity index (χ1) is 4.30. The summed E-state index contributed by atoms with van der Waals surface area (Å²) in [6.07, 6.45) is 1.32. The van der Waals surface area contributed by atoms with Crippen molar-refractivity contribution in [2.45, 2.75) is 0 Å². The molecule has 1 aromatic rings. The van der Waals surface area contributed by atoms with Crippen LogP contribution in [0, 0.1) is 6.07 Å². The van der Waals surface area contributed by atoms with Gasteiger partial charge in [0.25, 0.3) is 0 Å². The second-order valence-electron chi connectivity index (χ2n) is 1.45. The maximum absolute atomic E-state index is 10.1. The zero-order chi connectivity index (χ0) is 6.69. The van der Waals surface area contributed by atoms with Crippen molar-refractivity contribution in [2.24, 2.45) is 0 Å². The number of hydrogen-bond donors (Lipinski definition) is 1. The summed E-state index contributed by atoms with van der Waals surface area (Å²) in [4.78, 5) is 13.6. The minimum atomic E-state index is -1.01. The summed E-state index contributed by atoms with van der Waals surface area (Å²) in [7, 11) is 0. The van der Waals surface area contributed by atoms with Crippen molar-refractivity contribution in [1.29, 1.82) is 0 Å². The third kappa shape index (κ3) is 2.54. The molecule has 10 heavy (non-hydrogen) atoms. The van der Waals surface area contributed by atoms with Crippen LogP contribution in [-0.4, -0.2) is 16.1 Å². The van der Waals surface area contributed by atoms with Gasteiger partial charge in [-0.2, -0.15) is 6.07 Å². The molecule has 1 heterocycles. The van der Waals surface area contributed by atoms with Gasteiger partial charge in [-0.25, -0.2) is 16.9 Å². The third-order valence-electron chi connectivity index (χ3n) is 0.835. The zero-order valence-corrected chi connectivity index (χ0v) is 7.95. The second kappa shape index (κ2) is 4.53. The average molecular weight is 211 g/mol. The summed E-state index contributed by atoms with van der Waals surface area (Å²) >= 11 is 0. The average Bonchev–Trinajstić information content (AvgIpc) is 1.90. The SMILES string of the molecule is O=C(O)c1cc[c-]cn1.[Y]. The van der Waals surface area contributed by atoms with Gasteiger partial charge in [0.2, 0.25) is 0 Å². The standard InChI is InChI=1S/C6H4NO2.Y/c8-6(9)5-3-1-2-4-7-5;/h1,3-4H,(H,8,9);/q-1;. The fourth-order valence-corrected chi connectivity index (χ4v) is 0.446. The molecule has 1 aromatic heterocycles. The monoisotopic (exact) mass is 211 g/mol. The number of rotatable bonds is 1. The van der Waals surface area contributed by atoms with Crippen molar-refractivity contribution < 1.29 is 42.6 Å². The molecule has 1 N–H and O–H groups in total. The molecule has 0 saturated heterocycles. The first-order valence-corrected chi connectivity index (χ1v) is 2.36. The molecule has 0 atom stereocenters. The molecular formula is C6H4NO2Y-. The van der Waals surface area contributed by atoms with Gasteiger partial charge in [-0.05, 0) is 0 Å². The molecule has 0 bridgehead atoms. The summed E-state index contributed by atoms with van der Waals surface area (Å²) in [5.41, 5.74) is 0.0498. The van der Waals surface area contributed by atoms with Crippen molar-refractivity contribution >= 4 is 5.97 Å². The van der Waals surface area contributed by atoms with Crippen LogP contribution in [0.2, 0.25) is 0 Å². The van der Waals surface area contributed by atoms with E-state index in [1.807, 2.05) is 0 Å². The molecule has 3 nitrogen and oxygen atoms in total. The maximum Gasteiger partial charge on any atom is 0.335 e. The van der Waals surface area contributed by atoms with E-state index in [0.29, 0.717) is 0 Å². The molecule has 4 heteroatoms. The minimum absolute atomic E-state index is 0. The van der Waals surface area contributed by atoms with Crippen molar-refractivity contribution in [3.8, 4) is 0 Å². The van der Waals surface area contributed by atoms with Crippen LogP contribution in [-0.2, 0) is 32.7 Å². The van der Waals surface area contributed by atoms with Crippen LogP contribution in [0.5, 0.6) is 0 Å². The van der Waals surface area contributed by atoms with E-state index in [2.05, 4.69) is 11.1 Å². The third-order valence-corrected chi connectivity index (χ3v) is 0.835. The number of carboxylic acids is 1. The van der Waals surface area contributed by atoms with Crippen molar-refractivity contribution in [1.82, 2.24) is 4.98 Å². The molecule has 1 radical (unpaired) electrons. The van der Waals surface area contributed by atoms with E-state index >= 15 is 0 Å². The predicted octanol–water partition coefficient (Wildman–Crippen LogP) is 0.577. The van der Waals surface area contributed by atoms with Crippen LogP contribution in [0.15, 0.2) is 18.3 Å². The van der Waals surface area contributed by atoms with Gasteiger partial charge in [0, 0.05) is 32.7 Å². The summed E-state index contributed by atoms with van der Waals surface area (Å²) in [6.45, 7) is 0. The Morgan fingerprint density at radius 2 is 2.40 bits per heavy atom. The van der Waals surface area contributed by atoms with E-state index in [-0.39, 0.29) is 38.4 Å². The minimum Gasteiger partial charge on any atom is -0.478 e. The van der Waals surface area contributed by atoms with E-state index in [9.17, 15) is 4.79 Å². The van der Waals surface area contributed by atoms with Gasteiger partial charge in [0.05, 0.1) is 5.69 Å². The van der Waals surface area contributed by atoms with Crippen LogP contribution in [0.1, 0.15) is 10.5 Å². The first kappa shape index (κ1) is 9.72. The van der Waals surface area contributed by atoms with Crippen molar-refractivity contribution in [2.75, 3.05) is 0 Å². The van der Waals surface area contributed by atoms with Gasteiger partial charge >= 0.3 is 5.97 Å². The molecule has 0 aliphatic rings. The molecule has 1 rings (SSSR count). The number of carboxylic acid groups (broad SMARTS) is 1. The second-order valence-corrected chi connectivity index (χ2v) is 1.45. The van der Waals surface area contributed by atoms with Gasteiger partial charge < -0.3 is 5.11 Å². The van der Waals surface area contributed by atoms with Crippen LogP contribution >= 0.6 is 0 Å². The number of carbonyl (C=O) groups is 1. The Kier molecular flexibility index (Phi) is 4.40. The smallest absolute Gasteiger partial charge is 0.335 e. The Morgan fingerprint density at radius 3 is 2.70 bits per heavy atom. The quantitative estimate of drug-likeness (QED) is 0.691. The molecule has 0 aliphatic heterocycles. The summed E-state index contributed by atoms with van der Waals surface area (Å²) in [6, 6.07) is 5.51. The summed E-state index contributed by atoms with van der Waals surface area (Å²) in [5, 5.41) is 8.31. The molecular weight excluding hydrogens is 207 g/mol. The van der Waals surface area contributed by atoms with E-state index in [1.54, 1.807) is 0 Å². The maximum atomic E-state index is 10.1. The van der Waals surface area contributed by atoms with Crippen LogP contribution in [0.25, 0.3) is 0 Å². The Balaban J connectivity index is 0.000000810. The van der Waals surface area contributed by atoms with E-state index in [1.165, 1.54) is 18.3 Å². The van der Waals surface area contributed by atoms with Gasteiger partial charge in [0.1, 0.15) is 0 Å². The Labute approximate surface area is 83.4 Å². The Hall–Kier alpha value is -0.276. The van der Waals surface area contributed by atoms with Crippen LogP contribution in [0.4, 0.5) is 0 Å². The normalized spacial score (nSPS) is 8.00. The number of pyridine rings is 1. The van der Waals surface area contributed by atoms with E-state index in [0.717, 1.165) is 0 Å². The Bertz CT molecular complexity index is 212. The summed E-state index contributed by atoms with van der Waals surface area (Å²) in [5.74, 6) is -1.01. The van der Waals surface area contributed by atoms with Crippen LogP contribution in [0.3, 0.4) is 0 Å². The van der Waals surface area contributed by atoms with Gasteiger partial charge in [-0.15, -0.1) is 0 Å². The molecule has 49 valence electrons. The molecule has 0 spiro atoms. The van der Waals surface area contributed by atoms with E-state index in [4.69, 9.17) is 5.11 Å². The Morgan fingerprint density at radius 1 is 1.70 bits per heavy atom. The zero-order valence-electron chi connectivity index (χ0n) is 5.11. The van der Waals surface area contributed by atoms with Gasteiger partial charge in [0.15, 0.2) is 0 Å². The molecule has 0 amide bonds. The van der Waals surface area contributed by atoms with E-state index < -0.39 is 5.97 Å². The fraction of sp³-hybridized carbons (Fsp3) is 0. The molecule has 0 aromatic carbocycles. The van der Waals surface area contributed by atoms with Gasteiger partial charge in [-0.3, -0.25) is 4.98 Å². The van der Waals surface area contributed by atoms with Crippen molar-refractivity contribution in [3.05, 3.63) is 30.1 Å². The molecule has 0 aliphatic carbocycles. The van der Waals surface area contributed by atoms with Gasteiger partial charge in [-0.1, -0.05) is 6.20 Å². The van der Waals surface area contributed by atoms with Crippen molar-refractivity contribution in [3.63, 3.8) is 0 Å². The predicted molar refractivity (Wildman–Crippen MR) is 30.0 cm³/mol. The molecule has 0 fully saturated rings. The molecule has 0 saturated carbocycles. The number of aromatic carboxylic acids is 1. The fourth-order valence-electron chi connectivity index (χ4n) is 0.446. The topological polar surface area (TPSA) is 50.2 Å². The number of hydrogen-bond acceptors (Lipinski definition) is 2. The number of nitrogens with zero attached hydrogens (tertiary/aromatic N) is 1. The first-order valence-electron chi connectivity index (χ1n) is 2.36. The number of aromatic nitrogens is 1. The molecule has 0 unspecified atom stereocenters. The largest absolute Gasteiger partial charge is 0.478 e. The summed E-state index contributed by atoms with van der Waals surface area (Å²) < 4.78 is 0. The van der Waals surface area contributed by atoms with Crippen LogP contribution < -0.4 is 0 Å².